The van der Waals surface area contributed by atoms with Crippen LogP contribution < -0.4 is 10.5 Å². The lowest BCUT2D eigenvalue weighted by Crippen LogP contribution is -2.30. The van der Waals surface area contributed by atoms with Gasteiger partial charge in [0.15, 0.2) is 5.65 Å². The Morgan fingerprint density at radius 1 is 1.27 bits per heavy atom. The van der Waals surface area contributed by atoms with E-state index in [4.69, 9.17) is 0 Å². The van der Waals surface area contributed by atoms with Gasteiger partial charge >= 0.3 is 0 Å². The molecule has 0 aliphatic carbocycles. The van der Waals surface area contributed by atoms with Crippen molar-refractivity contribution in [3.8, 4) is 0 Å². The second-order valence-corrected chi connectivity index (χ2v) is 5.66. The topological polar surface area (TPSA) is 73.8 Å². The maximum atomic E-state index is 12.5. The maximum Gasteiger partial charge on any atom is 0.265 e. The molecule has 0 bridgehead atoms. The van der Waals surface area contributed by atoms with Crippen LogP contribution in [-0.2, 0) is 14.1 Å². The first kappa shape index (κ1) is 13.1. The average Bonchev–Trinajstić information content (AvgIpc) is 3.23. The quantitative estimate of drug-likeness (QED) is 0.681. The Morgan fingerprint density at radius 2 is 2.14 bits per heavy atom. The third kappa shape index (κ3) is 1.83. The Bertz CT molecular complexity index is 877. The van der Waals surface area contributed by atoms with Gasteiger partial charge in [-0.15, -0.1) is 0 Å². The van der Waals surface area contributed by atoms with E-state index in [1.807, 2.05) is 16.9 Å². The fraction of sp³-hybridized carbons (Fsp3) is 0.429. The van der Waals surface area contributed by atoms with E-state index in [0.29, 0.717) is 23.0 Å². The molecule has 4 heterocycles. The monoisotopic (exact) mass is 299 g/mol. The smallest absolute Gasteiger partial charge is 0.265 e. The Morgan fingerprint density at radius 3 is 2.91 bits per heavy atom. The van der Waals surface area contributed by atoms with Crippen LogP contribution in [0.5, 0.6) is 0 Å². The van der Waals surface area contributed by atoms with Gasteiger partial charge in [0.25, 0.3) is 5.56 Å². The van der Waals surface area contributed by atoms with Crippen molar-refractivity contribution < 1.29 is 0 Å². The second kappa shape index (κ2) is 4.69. The third-order valence-corrected chi connectivity index (χ3v) is 4.29. The molecular formula is C14H17N7O. The van der Waals surface area contributed by atoms with Crippen molar-refractivity contribution in [2.75, 3.05) is 18.0 Å². The minimum atomic E-state index is -0.0596. The van der Waals surface area contributed by atoms with Crippen LogP contribution in [-0.4, -0.2) is 42.2 Å². The van der Waals surface area contributed by atoms with Crippen LogP contribution in [0.25, 0.3) is 11.0 Å². The lowest BCUT2D eigenvalue weighted by molar-refractivity contribution is 0.494. The van der Waals surface area contributed by atoms with E-state index in [1.165, 1.54) is 0 Å². The van der Waals surface area contributed by atoms with E-state index in [0.717, 1.165) is 19.5 Å². The first-order valence-electron chi connectivity index (χ1n) is 7.28. The van der Waals surface area contributed by atoms with Crippen LogP contribution in [0.2, 0.25) is 0 Å². The molecule has 1 aliphatic heterocycles. The number of hydrogen-bond donors (Lipinski definition) is 0. The van der Waals surface area contributed by atoms with E-state index < -0.39 is 0 Å². The molecule has 1 aliphatic rings. The van der Waals surface area contributed by atoms with Crippen LogP contribution in [0, 0.1) is 0 Å². The molecule has 0 radical (unpaired) electrons. The van der Waals surface area contributed by atoms with Crippen molar-refractivity contribution in [2.45, 2.75) is 12.5 Å². The summed E-state index contributed by atoms with van der Waals surface area (Å²) in [6, 6.07) is 2.24. The largest absolute Gasteiger partial charge is 0.340 e. The van der Waals surface area contributed by atoms with Crippen molar-refractivity contribution in [3.63, 3.8) is 0 Å². The predicted octanol–water partition coefficient (Wildman–Crippen LogP) is 0.315. The van der Waals surface area contributed by atoms with Gasteiger partial charge in [-0.25, -0.2) is 0 Å². The number of hydrogen-bond acceptors (Lipinski definition) is 5. The molecule has 8 heteroatoms. The maximum absolute atomic E-state index is 12.5. The minimum absolute atomic E-state index is 0.0596. The summed E-state index contributed by atoms with van der Waals surface area (Å²) >= 11 is 0. The molecule has 3 aromatic heterocycles. The van der Waals surface area contributed by atoms with Gasteiger partial charge in [0.1, 0.15) is 5.39 Å². The molecule has 1 saturated heterocycles. The zero-order chi connectivity index (χ0) is 15.3. The highest BCUT2D eigenvalue weighted by Gasteiger charge is 2.27. The zero-order valence-electron chi connectivity index (χ0n) is 12.5. The summed E-state index contributed by atoms with van der Waals surface area (Å²) in [5, 5.41) is 8.99. The predicted molar refractivity (Wildman–Crippen MR) is 81.8 cm³/mol. The van der Waals surface area contributed by atoms with Crippen molar-refractivity contribution in [3.05, 3.63) is 35.0 Å². The fourth-order valence-corrected chi connectivity index (χ4v) is 3.07. The minimum Gasteiger partial charge on any atom is -0.340 e. The molecule has 114 valence electrons. The highest BCUT2D eigenvalue weighted by Crippen LogP contribution is 2.25. The molecule has 0 spiro atoms. The van der Waals surface area contributed by atoms with Gasteiger partial charge in [0.2, 0.25) is 5.95 Å². The molecule has 22 heavy (non-hydrogen) atoms. The number of rotatable bonds is 2. The molecule has 0 aromatic carbocycles. The number of fused-ring (bicyclic) bond motifs is 1. The van der Waals surface area contributed by atoms with Crippen LogP contribution in [0.3, 0.4) is 0 Å². The summed E-state index contributed by atoms with van der Waals surface area (Å²) in [4.78, 5) is 19.2. The van der Waals surface area contributed by atoms with Gasteiger partial charge in [-0.3, -0.25) is 18.7 Å². The SMILES string of the molecule is Cn1c(N2CCC(n3cccn3)C2)nc2c(cnn2C)c1=O. The lowest BCUT2D eigenvalue weighted by atomic mass is 10.3. The molecule has 1 unspecified atom stereocenters. The number of aromatic nitrogens is 6. The molecule has 0 saturated carbocycles. The summed E-state index contributed by atoms with van der Waals surface area (Å²) in [5.74, 6) is 0.691. The first-order valence-corrected chi connectivity index (χ1v) is 7.28. The van der Waals surface area contributed by atoms with Crippen LogP contribution in [0.1, 0.15) is 12.5 Å². The van der Waals surface area contributed by atoms with Crippen LogP contribution in [0.15, 0.2) is 29.5 Å². The average molecular weight is 299 g/mol. The molecule has 4 rings (SSSR count). The zero-order valence-corrected chi connectivity index (χ0v) is 12.5. The van der Waals surface area contributed by atoms with Gasteiger partial charge in [-0.2, -0.15) is 15.2 Å². The third-order valence-electron chi connectivity index (χ3n) is 4.29. The Hall–Kier alpha value is -2.64. The molecule has 3 aromatic rings. The highest BCUT2D eigenvalue weighted by molar-refractivity contribution is 5.74. The Labute approximate surface area is 126 Å². The Balaban J connectivity index is 1.74. The fourth-order valence-electron chi connectivity index (χ4n) is 3.07. The molecule has 0 N–H and O–H groups in total. The summed E-state index contributed by atoms with van der Waals surface area (Å²) in [7, 11) is 3.56. The van der Waals surface area contributed by atoms with Crippen molar-refractivity contribution in [1.82, 2.24) is 29.1 Å². The second-order valence-electron chi connectivity index (χ2n) is 5.66. The van der Waals surface area contributed by atoms with E-state index in [1.54, 1.807) is 35.7 Å². The van der Waals surface area contributed by atoms with E-state index in [-0.39, 0.29) is 5.56 Å². The van der Waals surface area contributed by atoms with Crippen molar-refractivity contribution in [2.24, 2.45) is 14.1 Å². The molecule has 1 fully saturated rings. The van der Waals surface area contributed by atoms with E-state index in [9.17, 15) is 4.79 Å². The number of aryl methyl sites for hydroxylation is 1. The van der Waals surface area contributed by atoms with Crippen molar-refractivity contribution in [1.29, 1.82) is 0 Å². The van der Waals surface area contributed by atoms with Crippen LogP contribution >= 0.6 is 0 Å². The summed E-state index contributed by atoms with van der Waals surface area (Å²) in [6.07, 6.45) is 6.33. The number of nitrogens with zero attached hydrogens (tertiary/aromatic N) is 7. The molecule has 1 atom stereocenters. The van der Waals surface area contributed by atoms with Gasteiger partial charge in [-0.05, 0) is 12.5 Å². The number of anilines is 1. The summed E-state index contributed by atoms with van der Waals surface area (Å²) < 4.78 is 5.22. The van der Waals surface area contributed by atoms with E-state index in [2.05, 4.69) is 20.1 Å². The summed E-state index contributed by atoms with van der Waals surface area (Å²) in [6.45, 7) is 1.65. The normalized spacial score (nSPS) is 18.5. The Kier molecular flexibility index (Phi) is 2.78. The first-order chi connectivity index (χ1) is 10.6. The standard InChI is InChI=1S/C14H17N7O/c1-18-13(22)11-8-16-19(2)12(11)17-14(18)20-7-4-10(9-20)21-6-3-5-15-21/h3,5-6,8,10H,4,7,9H2,1-2H3. The lowest BCUT2D eigenvalue weighted by Gasteiger charge is -2.20. The molecule has 0 amide bonds. The van der Waals surface area contributed by atoms with Gasteiger partial charge in [-0.1, -0.05) is 0 Å². The van der Waals surface area contributed by atoms with Gasteiger partial charge in [0.05, 0.1) is 12.2 Å². The molecule has 8 nitrogen and oxygen atoms in total. The summed E-state index contributed by atoms with van der Waals surface area (Å²) in [5.41, 5.74) is 0.566. The van der Waals surface area contributed by atoms with Crippen molar-refractivity contribution >= 4 is 17.0 Å². The van der Waals surface area contributed by atoms with Crippen LogP contribution in [0.4, 0.5) is 5.95 Å². The molecular weight excluding hydrogens is 282 g/mol. The van der Waals surface area contributed by atoms with E-state index >= 15 is 0 Å². The van der Waals surface area contributed by atoms with Gasteiger partial charge < -0.3 is 4.90 Å². The van der Waals surface area contributed by atoms with Gasteiger partial charge in [0, 0.05) is 39.6 Å². The highest BCUT2D eigenvalue weighted by atomic mass is 16.1.